The lowest BCUT2D eigenvalue weighted by Gasteiger charge is -2.25. The van der Waals surface area contributed by atoms with Crippen LogP contribution in [0.4, 0.5) is 5.69 Å². The van der Waals surface area contributed by atoms with Gasteiger partial charge in [-0.2, -0.15) is 10.5 Å². The highest BCUT2D eigenvalue weighted by Gasteiger charge is 2.16. The normalized spacial score (nSPS) is 10.5. The van der Waals surface area contributed by atoms with E-state index in [0.29, 0.717) is 6.42 Å². The van der Waals surface area contributed by atoms with Crippen LogP contribution >= 0.6 is 0 Å². The predicted molar refractivity (Wildman–Crippen MR) is 77.5 cm³/mol. The van der Waals surface area contributed by atoms with Crippen molar-refractivity contribution in [3.8, 4) is 12.1 Å². The maximum Gasteiger partial charge on any atom is 0.0683 e. The minimum absolute atomic E-state index is 0.266. The summed E-state index contributed by atoms with van der Waals surface area (Å²) in [6, 6.07) is 14.7. The average molecular weight is 255 g/mol. The highest BCUT2D eigenvalue weighted by atomic mass is 15.1. The quantitative estimate of drug-likeness (QED) is 0.745. The average Bonchev–Trinajstić information content (AvgIpc) is 2.43. The number of benzene rings is 1. The van der Waals surface area contributed by atoms with Crippen molar-refractivity contribution in [2.75, 3.05) is 18.0 Å². The fourth-order valence-electron chi connectivity index (χ4n) is 1.96. The second kappa shape index (κ2) is 7.44. The Labute approximate surface area is 116 Å². The molecule has 0 aromatic heterocycles. The molecule has 0 saturated carbocycles. The lowest BCUT2D eigenvalue weighted by Crippen LogP contribution is -2.26. The van der Waals surface area contributed by atoms with E-state index < -0.39 is 0 Å². The molecular formula is C16H21N3. The largest absolute Gasteiger partial charge is 0.371 e. The zero-order valence-electron chi connectivity index (χ0n) is 11.8. The minimum Gasteiger partial charge on any atom is -0.371 e. The number of hydrogen-bond acceptors (Lipinski definition) is 3. The van der Waals surface area contributed by atoms with Crippen molar-refractivity contribution >= 4 is 5.69 Å². The van der Waals surface area contributed by atoms with Crippen LogP contribution in [0.15, 0.2) is 30.3 Å². The molecule has 1 aromatic carbocycles. The summed E-state index contributed by atoms with van der Waals surface area (Å²) >= 11 is 0. The Kier molecular flexibility index (Phi) is 5.90. The number of rotatable bonds is 7. The summed E-state index contributed by atoms with van der Waals surface area (Å²) in [5.41, 5.74) is 0.880. The Balaban J connectivity index is 2.57. The van der Waals surface area contributed by atoms with Gasteiger partial charge < -0.3 is 4.90 Å². The van der Waals surface area contributed by atoms with Crippen LogP contribution in [0.5, 0.6) is 0 Å². The standard InChI is InChI=1S/C16H21N3/c1-16(2,14-18)10-6-12-19(13-7-11-17)15-8-4-3-5-9-15/h3-5,8-9H,6-7,10,12-13H2,1-2H3. The molecular weight excluding hydrogens is 234 g/mol. The third kappa shape index (κ3) is 5.44. The van der Waals surface area contributed by atoms with E-state index in [1.807, 2.05) is 32.0 Å². The summed E-state index contributed by atoms with van der Waals surface area (Å²) in [5.74, 6) is 0. The Morgan fingerprint density at radius 1 is 1.11 bits per heavy atom. The van der Waals surface area contributed by atoms with Gasteiger partial charge in [-0.3, -0.25) is 0 Å². The maximum atomic E-state index is 9.01. The van der Waals surface area contributed by atoms with Gasteiger partial charge in [0.2, 0.25) is 0 Å². The van der Waals surface area contributed by atoms with Crippen molar-refractivity contribution in [3.05, 3.63) is 30.3 Å². The van der Waals surface area contributed by atoms with Crippen LogP contribution in [-0.4, -0.2) is 13.1 Å². The van der Waals surface area contributed by atoms with Crippen LogP contribution in [0.1, 0.15) is 33.1 Å². The molecule has 0 aliphatic rings. The Bertz CT molecular complexity index is 451. The van der Waals surface area contributed by atoms with Crippen LogP contribution in [0.2, 0.25) is 0 Å². The first-order valence-electron chi connectivity index (χ1n) is 6.67. The van der Waals surface area contributed by atoms with E-state index in [0.717, 1.165) is 31.6 Å². The summed E-state index contributed by atoms with van der Waals surface area (Å²) < 4.78 is 0. The van der Waals surface area contributed by atoms with Crippen molar-refractivity contribution in [3.63, 3.8) is 0 Å². The van der Waals surface area contributed by atoms with Crippen molar-refractivity contribution in [1.82, 2.24) is 0 Å². The van der Waals surface area contributed by atoms with E-state index >= 15 is 0 Å². The molecule has 0 fully saturated rings. The topological polar surface area (TPSA) is 50.8 Å². The van der Waals surface area contributed by atoms with Gasteiger partial charge >= 0.3 is 0 Å². The molecule has 0 unspecified atom stereocenters. The smallest absolute Gasteiger partial charge is 0.0683 e. The molecule has 3 nitrogen and oxygen atoms in total. The Hall–Kier alpha value is -2.00. The lowest BCUT2D eigenvalue weighted by molar-refractivity contribution is 0.434. The number of hydrogen-bond donors (Lipinski definition) is 0. The van der Waals surface area contributed by atoms with Crippen LogP contribution in [-0.2, 0) is 0 Å². The van der Waals surface area contributed by atoms with Gasteiger partial charge in [-0.25, -0.2) is 0 Å². The number of nitrogens with zero attached hydrogens (tertiary/aromatic N) is 3. The molecule has 0 atom stereocenters. The zero-order chi connectivity index (χ0) is 14.1. The molecule has 0 saturated heterocycles. The van der Waals surface area contributed by atoms with E-state index in [1.54, 1.807) is 0 Å². The summed E-state index contributed by atoms with van der Waals surface area (Å²) in [6.45, 7) is 5.56. The first-order valence-corrected chi connectivity index (χ1v) is 6.67. The van der Waals surface area contributed by atoms with Gasteiger partial charge in [-0.15, -0.1) is 0 Å². The molecule has 1 aromatic rings. The summed E-state index contributed by atoms with van der Waals surface area (Å²) in [7, 11) is 0. The number of para-hydroxylation sites is 1. The van der Waals surface area contributed by atoms with Gasteiger partial charge in [0.05, 0.1) is 24.0 Å². The molecule has 100 valence electrons. The first kappa shape index (κ1) is 15.1. The minimum atomic E-state index is -0.266. The van der Waals surface area contributed by atoms with Gasteiger partial charge in [0, 0.05) is 18.8 Å². The molecule has 3 heteroatoms. The van der Waals surface area contributed by atoms with Crippen molar-refractivity contribution in [2.45, 2.75) is 33.1 Å². The van der Waals surface area contributed by atoms with Gasteiger partial charge in [-0.1, -0.05) is 18.2 Å². The van der Waals surface area contributed by atoms with Gasteiger partial charge in [-0.05, 0) is 38.8 Å². The molecule has 19 heavy (non-hydrogen) atoms. The second-order valence-corrected chi connectivity index (χ2v) is 5.33. The van der Waals surface area contributed by atoms with Gasteiger partial charge in [0.15, 0.2) is 0 Å². The van der Waals surface area contributed by atoms with E-state index in [-0.39, 0.29) is 5.41 Å². The third-order valence-electron chi connectivity index (χ3n) is 3.15. The van der Waals surface area contributed by atoms with Crippen molar-refractivity contribution < 1.29 is 0 Å². The molecule has 0 aliphatic carbocycles. The molecule has 0 radical (unpaired) electrons. The molecule has 0 N–H and O–H groups in total. The van der Waals surface area contributed by atoms with Gasteiger partial charge in [0.25, 0.3) is 0 Å². The molecule has 0 aliphatic heterocycles. The molecule has 0 heterocycles. The Morgan fingerprint density at radius 3 is 2.37 bits per heavy atom. The van der Waals surface area contributed by atoms with E-state index in [4.69, 9.17) is 10.5 Å². The number of nitriles is 2. The van der Waals surface area contributed by atoms with Crippen LogP contribution in [0.25, 0.3) is 0 Å². The summed E-state index contributed by atoms with van der Waals surface area (Å²) in [5, 5.41) is 17.7. The monoisotopic (exact) mass is 255 g/mol. The first-order chi connectivity index (χ1) is 9.09. The maximum absolute atomic E-state index is 9.01. The molecule has 0 amide bonds. The molecule has 0 bridgehead atoms. The van der Waals surface area contributed by atoms with Crippen LogP contribution < -0.4 is 4.90 Å². The van der Waals surface area contributed by atoms with E-state index in [2.05, 4.69) is 29.2 Å². The molecule has 0 spiro atoms. The Morgan fingerprint density at radius 2 is 1.79 bits per heavy atom. The highest BCUT2D eigenvalue weighted by molar-refractivity contribution is 5.45. The third-order valence-corrected chi connectivity index (χ3v) is 3.15. The predicted octanol–water partition coefficient (Wildman–Crippen LogP) is 3.74. The highest BCUT2D eigenvalue weighted by Crippen LogP contribution is 2.22. The second-order valence-electron chi connectivity index (χ2n) is 5.33. The number of anilines is 1. The SMILES string of the molecule is CC(C)(C#N)CCCN(CCC#N)c1ccccc1. The fraction of sp³-hybridized carbons (Fsp3) is 0.500. The van der Waals surface area contributed by atoms with Crippen molar-refractivity contribution in [2.24, 2.45) is 5.41 Å². The fourth-order valence-corrected chi connectivity index (χ4v) is 1.96. The van der Waals surface area contributed by atoms with Gasteiger partial charge in [0.1, 0.15) is 0 Å². The van der Waals surface area contributed by atoms with Crippen molar-refractivity contribution in [1.29, 1.82) is 10.5 Å². The zero-order valence-corrected chi connectivity index (χ0v) is 11.8. The van der Waals surface area contributed by atoms with E-state index in [1.165, 1.54) is 0 Å². The van der Waals surface area contributed by atoms with Crippen LogP contribution in [0.3, 0.4) is 0 Å². The van der Waals surface area contributed by atoms with Crippen LogP contribution in [0, 0.1) is 28.1 Å². The summed E-state index contributed by atoms with van der Waals surface area (Å²) in [4.78, 5) is 2.22. The lowest BCUT2D eigenvalue weighted by atomic mass is 9.90. The molecule has 1 rings (SSSR count). The van der Waals surface area contributed by atoms with E-state index in [9.17, 15) is 0 Å². The summed E-state index contributed by atoms with van der Waals surface area (Å²) in [6.07, 6.45) is 2.36.